The van der Waals surface area contributed by atoms with Crippen LogP contribution in [0.15, 0.2) is 0 Å². The van der Waals surface area contributed by atoms with Crippen molar-refractivity contribution in [2.24, 2.45) is 0 Å². The fraction of sp³-hybridized carbons (Fsp3) is 0.889. The topological polar surface area (TPSA) is 35.6 Å². The van der Waals surface area contributed by atoms with Crippen LogP contribution in [-0.2, 0) is 4.79 Å². The van der Waals surface area contributed by atoms with Crippen LogP contribution in [0.25, 0.3) is 0 Å². The molecule has 0 aromatic carbocycles. The predicted molar refractivity (Wildman–Crippen MR) is 58.3 cm³/mol. The predicted octanol–water partition coefficient (Wildman–Crippen LogP) is -0.577. The number of hydrogen-bond donors (Lipinski definition) is 1. The highest BCUT2D eigenvalue weighted by atomic mass is 32.2. The molecule has 2 fully saturated rings. The minimum absolute atomic E-state index is 0.0769. The Morgan fingerprint density at radius 2 is 2.07 bits per heavy atom. The van der Waals surface area contributed by atoms with Crippen molar-refractivity contribution in [1.82, 2.24) is 15.1 Å². The lowest BCUT2D eigenvalue weighted by atomic mass is 10.3. The van der Waals surface area contributed by atoms with Gasteiger partial charge in [0.1, 0.15) is 5.37 Å². The van der Waals surface area contributed by atoms with Crippen molar-refractivity contribution >= 4 is 17.7 Å². The number of nitrogens with one attached hydrogen (secondary N) is 1. The third kappa shape index (κ3) is 2.04. The van der Waals surface area contributed by atoms with Gasteiger partial charge in [0, 0.05) is 38.5 Å². The highest BCUT2D eigenvalue weighted by molar-refractivity contribution is 8.00. The quantitative estimate of drug-likeness (QED) is 0.635. The van der Waals surface area contributed by atoms with Gasteiger partial charge in [0.15, 0.2) is 0 Å². The van der Waals surface area contributed by atoms with Crippen molar-refractivity contribution < 1.29 is 4.79 Å². The van der Waals surface area contributed by atoms with Gasteiger partial charge in [-0.05, 0) is 7.05 Å². The summed E-state index contributed by atoms with van der Waals surface area (Å²) in [5, 5.41) is 3.33. The van der Waals surface area contributed by atoms with Crippen LogP contribution < -0.4 is 5.32 Å². The molecule has 2 aliphatic rings. The summed E-state index contributed by atoms with van der Waals surface area (Å²) < 4.78 is 0. The molecule has 4 nitrogen and oxygen atoms in total. The van der Waals surface area contributed by atoms with Gasteiger partial charge >= 0.3 is 0 Å². The molecule has 0 radical (unpaired) electrons. The van der Waals surface area contributed by atoms with E-state index in [-0.39, 0.29) is 5.37 Å². The Morgan fingerprint density at radius 3 is 2.64 bits per heavy atom. The lowest BCUT2D eigenvalue weighted by Gasteiger charge is -2.31. The van der Waals surface area contributed by atoms with Crippen LogP contribution in [0.4, 0.5) is 0 Å². The van der Waals surface area contributed by atoms with E-state index in [0.29, 0.717) is 5.91 Å². The second-order valence-corrected chi connectivity index (χ2v) is 4.97. The number of thioether (sulfide) groups is 1. The molecule has 2 saturated heterocycles. The van der Waals surface area contributed by atoms with Gasteiger partial charge in [0.25, 0.3) is 0 Å². The number of piperazine rings is 1. The summed E-state index contributed by atoms with van der Waals surface area (Å²) in [5.74, 6) is 1.38. The van der Waals surface area contributed by atoms with Gasteiger partial charge < -0.3 is 10.2 Å². The van der Waals surface area contributed by atoms with E-state index in [1.807, 2.05) is 11.9 Å². The lowest BCUT2D eigenvalue weighted by molar-refractivity contribution is -0.133. The number of likely N-dealkylation sites (N-methyl/N-ethyl adjacent to an activating group) is 1. The van der Waals surface area contributed by atoms with Crippen molar-refractivity contribution in [2.45, 2.75) is 5.37 Å². The highest BCUT2D eigenvalue weighted by Crippen LogP contribution is 2.23. The van der Waals surface area contributed by atoms with Crippen molar-refractivity contribution in [3.05, 3.63) is 0 Å². The molecule has 0 spiro atoms. The third-order valence-electron chi connectivity index (χ3n) is 2.76. The third-order valence-corrected chi connectivity index (χ3v) is 4.06. The Bertz CT molecular complexity index is 218. The molecular formula is C9H17N3OS. The molecule has 1 amide bonds. The van der Waals surface area contributed by atoms with Gasteiger partial charge in [0.05, 0.1) is 0 Å². The standard InChI is InChI=1S/C9H17N3OS/c1-11-6-7-14-9(11)8(13)12-4-2-10-3-5-12/h9-10H,2-7H2,1H3. The lowest BCUT2D eigenvalue weighted by Crippen LogP contribution is -2.51. The molecule has 2 heterocycles. The molecule has 0 aromatic rings. The number of rotatable bonds is 1. The van der Waals surface area contributed by atoms with E-state index in [2.05, 4.69) is 10.2 Å². The molecule has 1 unspecified atom stereocenters. The minimum Gasteiger partial charge on any atom is -0.338 e. The number of hydrogen-bond acceptors (Lipinski definition) is 4. The first-order valence-corrected chi connectivity index (χ1v) is 6.15. The Morgan fingerprint density at radius 1 is 1.36 bits per heavy atom. The van der Waals surface area contributed by atoms with Gasteiger partial charge in [-0.1, -0.05) is 0 Å². The normalized spacial score (nSPS) is 29.5. The van der Waals surface area contributed by atoms with E-state index in [1.165, 1.54) is 0 Å². The summed E-state index contributed by atoms with van der Waals surface area (Å²) >= 11 is 1.77. The summed E-state index contributed by atoms with van der Waals surface area (Å²) in [5.41, 5.74) is 0. The average Bonchev–Trinajstić information content (AvgIpc) is 2.65. The van der Waals surface area contributed by atoms with Crippen LogP contribution in [-0.4, -0.2) is 66.6 Å². The zero-order valence-corrected chi connectivity index (χ0v) is 9.35. The van der Waals surface area contributed by atoms with Crippen LogP contribution in [0.5, 0.6) is 0 Å². The van der Waals surface area contributed by atoms with Gasteiger partial charge in [-0.3, -0.25) is 9.69 Å². The smallest absolute Gasteiger partial charge is 0.250 e. The molecule has 2 aliphatic heterocycles. The molecule has 0 aliphatic carbocycles. The first kappa shape index (κ1) is 10.3. The maximum absolute atomic E-state index is 12.0. The Labute approximate surface area is 89.0 Å². The average molecular weight is 215 g/mol. The fourth-order valence-electron chi connectivity index (χ4n) is 1.85. The first-order valence-electron chi connectivity index (χ1n) is 5.10. The van der Waals surface area contributed by atoms with E-state index in [9.17, 15) is 4.79 Å². The second kappa shape index (κ2) is 4.51. The summed E-state index contributed by atoms with van der Waals surface area (Å²) in [7, 11) is 2.03. The molecule has 80 valence electrons. The number of carbonyl (C=O) groups is 1. The molecule has 14 heavy (non-hydrogen) atoms. The maximum atomic E-state index is 12.0. The molecular weight excluding hydrogens is 198 g/mol. The van der Waals surface area contributed by atoms with Crippen LogP contribution in [0.2, 0.25) is 0 Å². The summed E-state index contributed by atoms with van der Waals surface area (Å²) in [6.45, 7) is 4.64. The van der Waals surface area contributed by atoms with E-state index < -0.39 is 0 Å². The maximum Gasteiger partial charge on any atom is 0.250 e. The summed E-state index contributed by atoms with van der Waals surface area (Å²) in [4.78, 5) is 16.2. The number of nitrogens with zero attached hydrogens (tertiary/aromatic N) is 2. The van der Waals surface area contributed by atoms with E-state index in [4.69, 9.17) is 0 Å². The largest absolute Gasteiger partial charge is 0.338 e. The van der Waals surface area contributed by atoms with Crippen LogP contribution in [0, 0.1) is 0 Å². The highest BCUT2D eigenvalue weighted by Gasteiger charge is 2.32. The molecule has 1 N–H and O–H groups in total. The Hall–Kier alpha value is -0.260. The fourth-order valence-corrected chi connectivity index (χ4v) is 3.12. The molecule has 5 heteroatoms. The molecule has 0 saturated carbocycles. The van der Waals surface area contributed by atoms with Crippen LogP contribution in [0.1, 0.15) is 0 Å². The Kier molecular flexibility index (Phi) is 3.30. The zero-order chi connectivity index (χ0) is 9.97. The van der Waals surface area contributed by atoms with Gasteiger partial charge in [-0.15, -0.1) is 11.8 Å². The SMILES string of the molecule is CN1CCSC1C(=O)N1CCNCC1. The summed E-state index contributed by atoms with van der Waals surface area (Å²) in [6.07, 6.45) is 0. The van der Waals surface area contributed by atoms with Gasteiger partial charge in [-0.2, -0.15) is 0 Å². The number of carbonyl (C=O) groups excluding carboxylic acids is 1. The van der Waals surface area contributed by atoms with Crippen LogP contribution in [0.3, 0.4) is 0 Å². The Balaban J connectivity index is 1.92. The van der Waals surface area contributed by atoms with Gasteiger partial charge in [-0.25, -0.2) is 0 Å². The molecule has 0 aromatic heterocycles. The van der Waals surface area contributed by atoms with Crippen molar-refractivity contribution in [1.29, 1.82) is 0 Å². The van der Waals surface area contributed by atoms with E-state index >= 15 is 0 Å². The molecule has 2 rings (SSSR count). The second-order valence-electron chi connectivity index (χ2n) is 3.78. The first-order chi connectivity index (χ1) is 6.79. The summed E-state index contributed by atoms with van der Waals surface area (Å²) in [6, 6.07) is 0. The van der Waals surface area contributed by atoms with Crippen molar-refractivity contribution in [3.63, 3.8) is 0 Å². The molecule has 0 bridgehead atoms. The zero-order valence-electron chi connectivity index (χ0n) is 8.53. The van der Waals surface area contributed by atoms with E-state index in [0.717, 1.165) is 38.5 Å². The van der Waals surface area contributed by atoms with Crippen molar-refractivity contribution in [3.8, 4) is 0 Å². The van der Waals surface area contributed by atoms with Crippen LogP contribution >= 0.6 is 11.8 Å². The van der Waals surface area contributed by atoms with Gasteiger partial charge in [0.2, 0.25) is 5.91 Å². The monoisotopic (exact) mass is 215 g/mol. The van der Waals surface area contributed by atoms with Crippen molar-refractivity contribution in [2.75, 3.05) is 45.5 Å². The number of amides is 1. The van der Waals surface area contributed by atoms with E-state index in [1.54, 1.807) is 11.8 Å². The minimum atomic E-state index is 0.0769. The molecule has 1 atom stereocenters.